The zero-order chi connectivity index (χ0) is 11.0. The predicted octanol–water partition coefficient (Wildman–Crippen LogP) is 2.87. The molecule has 1 aliphatic heterocycles. The Balaban J connectivity index is 1.70. The van der Waals surface area contributed by atoms with Crippen LogP contribution in [0.2, 0.25) is 0 Å². The molecule has 2 aliphatic rings. The molecule has 1 aromatic rings. The number of hydrogen-bond donors (Lipinski definition) is 0. The third kappa shape index (κ3) is 1.84. The summed E-state index contributed by atoms with van der Waals surface area (Å²) in [6.45, 7) is 0. The van der Waals surface area contributed by atoms with Crippen molar-refractivity contribution in [1.29, 1.82) is 0 Å². The van der Waals surface area contributed by atoms with Crippen LogP contribution in [0.1, 0.15) is 19.3 Å². The molecule has 0 bridgehead atoms. The Labute approximate surface area is 99.4 Å². The third-order valence-corrected chi connectivity index (χ3v) is 4.73. The molecule has 1 aliphatic carbocycles. The summed E-state index contributed by atoms with van der Waals surface area (Å²) in [4.78, 5) is 12.5. The number of hydrogen-bond acceptors (Lipinski definition) is 3. The highest BCUT2D eigenvalue weighted by Crippen LogP contribution is 2.44. The van der Waals surface area contributed by atoms with Gasteiger partial charge in [0.15, 0.2) is 0 Å². The standard InChI is InChI=1S/C13H14O2S/c14-12-8-9-6-7-11(13(9)15-12)16-10-4-2-1-3-5-10/h1-5,9,11,13H,6-8H2. The van der Waals surface area contributed by atoms with Crippen LogP contribution in [-0.2, 0) is 9.53 Å². The number of rotatable bonds is 2. The molecule has 0 N–H and O–H groups in total. The van der Waals surface area contributed by atoms with E-state index < -0.39 is 0 Å². The lowest BCUT2D eigenvalue weighted by atomic mass is 10.1. The van der Waals surface area contributed by atoms with Gasteiger partial charge in [0.25, 0.3) is 0 Å². The van der Waals surface area contributed by atoms with Crippen LogP contribution in [0.5, 0.6) is 0 Å². The van der Waals surface area contributed by atoms with E-state index in [1.54, 1.807) is 0 Å². The van der Waals surface area contributed by atoms with Gasteiger partial charge in [-0.3, -0.25) is 4.79 Å². The normalized spacial score (nSPS) is 32.5. The lowest BCUT2D eigenvalue weighted by Crippen LogP contribution is -2.20. The molecule has 2 nitrogen and oxygen atoms in total. The average molecular weight is 234 g/mol. The van der Waals surface area contributed by atoms with E-state index in [0.29, 0.717) is 17.6 Å². The van der Waals surface area contributed by atoms with Crippen LogP contribution in [0.15, 0.2) is 35.2 Å². The summed E-state index contributed by atoms with van der Waals surface area (Å²) >= 11 is 1.85. The minimum absolute atomic E-state index is 0.00615. The lowest BCUT2D eigenvalue weighted by molar-refractivity contribution is -0.141. The summed E-state index contributed by atoms with van der Waals surface area (Å²) in [5.74, 6) is 0.474. The van der Waals surface area contributed by atoms with E-state index in [-0.39, 0.29) is 12.1 Å². The summed E-state index contributed by atoms with van der Waals surface area (Å²) < 4.78 is 5.41. The van der Waals surface area contributed by atoms with Crippen LogP contribution in [0, 0.1) is 5.92 Å². The van der Waals surface area contributed by atoms with Gasteiger partial charge in [-0.1, -0.05) is 18.2 Å². The van der Waals surface area contributed by atoms with Gasteiger partial charge in [-0.05, 0) is 25.0 Å². The molecule has 0 aromatic heterocycles. The number of thioether (sulfide) groups is 1. The van der Waals surface area contributed by atoms with E-state index >= 15 is 0 Å². The van der Waals surface area contributed by atoms with Crippen LogP contribution in [0.3, 0.4) is 0 Å². The zero-order valence-corrected chi connectivity index (χ0v) is 9.78. The summed E-state index contributed by atoms with van der Waals surface area (Å²) in [6.07, 6.45) is 3.11. The number of fused-ring (bicyclic) bond motifs is 1. The molecule has 2 fully saturated rings. The lowest BCUT2D eigenvalue weighted by Gasteiger charge is -2.16. The van der Waals surface area contributed by atoms with E-state index in [0.717, 1.165) is 6.42 Å². The highest BCUT2D eigenvalue weighted by atomic mass is 32.2. The van der Waals surface area contributed by atoms with Crippen molar-refractivity contribution < 1.29 is 9.53 Å². The maximum absolute atomic E-state index is 11.2. The van der Waals surface area contributed by atoms with E-state index in [4.69, 9.17) is 4.74 Å². The number of carbonyl (C=O) groups excluding carboxylic acids is 1. The Bertz CT molecular complexity index is 390. The van der Waals surface area contributed by atoms with Crippen molar-refractivity contribution in [2.75, 3.05) is 0 Å². The fourth-order valence-electron chi connectivity index (χ4n) is 2.61. The molecule has 1 saturated carbocycles. The molecule has 0 amide bonds. The van der Waals surface area contributed by atoms with Crippen molar-refractivity contribution >= 4 is 17.7 Å². The second kappa shape index (κ2) is 4.13. The van der Waals surface area contributed by atoms with E-state index in [2.05, 4.69) is 24.3 Å². The van der Waals surface area contributed by atoms with Crippen LogP contribution in [0.4, 0.5) is 0 Å². The maximum atomic E-state index is 11.2. The molecule has 3 rings (SSSR count). The second-order valence-electron chi connectivity index (χ2n) is 4.47. The molecule has 3 heteroatoms. The van der Waals surface area contributed by atoms with Crippen LogP contribution in [-0.4, -0.2) is 17.3 Å². The van der Waals surface area contributed by atoms with Gasteiger partial charge in [-0.2, -0.15) is 0 Å². The van der Waals surface area contributed by atoms with Crippen LogP contribution < -0.4 is 0 Å². The van der Waals surface area contributed by atoms with E-state index in [9.17, 15) is 4.79 Å². The van der Waals surface area contributed by atoms with Gasteiger partial charge in [0.05, 0.1) is 6.42 Å². The minimum Gasteiger partial charge on any atom is -0.461 e. The Morgan fingerprint density at radius 2 is 2.00 bits per heavy atom. The SMILES string of the molecule is O=C1CC2CCC(Sc3ccccc3)C2O1. The van der Waals surface area contributed by atoms with E-state index in [1.165, 1.54) is 11.3 Å². The molecule has 3 atom stereocenters. The maximum Gasteiger partial charge on any atom is 0.306 e. The van der Waals surface area contributed by atoms with E-state index in [1.807, 2.05) is 17.8 Å². The molecular formula is C13H14O2S. The Morgan fingerprint density at radius 3 is 2.81 bits per heavy atom. The van der Waals surface area contributed by atoms with Gasteiger partial charge in [0.2, 0.25) is 0 Å². The molecular weight excluding hydrogens is 220 g/mol. The first kappa shape index (κ1) is 10.2. The van der Waals surface area contributed by atoms with Gasteiger partial charge in [-0.25, -0.2) is 0 Å². The van der Waals surface area contributed by atoms with Crippen LogP contribution in [0.25, 0.3) is 0 Å². The third-order valence-electron chi connectivity index (χ3n) is 3.38. The van der Waals surface area contributed by atoms with Crippen molar-refractivity contribution in [3.63, 3.8) is 0 Å². The number of esters is 1. The molecule has 0 spiro atoms. The number of carbonyl (C=O) groups is 1. The molecule has 1 heterocycles. The minimum atomic E-state index is -0.00615. The first-order valence-corrected chi connectivity index (χ1v) is 6.62. The fraction of sp³-hybridized carbons (Fsp3) is 0.462. The fourth-order valence-corrected chi connectivity index (χ4v) is 3.94. The smallest absolute Gasteiger partial charge is 0.306 e. The molecule has 84 valence electrons. The van der Waals surface area contributed by atoms with Gasteiger partial charge >= 0.3 is 5.97 Å². The summed E-state index contributed by atoms with van der Waals surface area (Å²) in [6, 6.07) is 10.4. The molecule has 0 radical (unpaired) electrons. The Morgan fingerprint density at radius 1 is 1.19 bits per heavy atom. The number of benzene rings is 1. The van der Waals surface area contributed by atoms with Crippen LogP contribution >= 0.6 is 11.8 Å². The highest BCUT2D eigenvalue weighted by molar-refractivity contribution is 8.00. The van der Waals surface area contributed by atoms with Crippen molar-refractivity contribution in [3.05, 3.63) is 30.3 Å². The largest absolute Gasteiger partial charge is 0.461 e. The quantitative estimate of drug-likeness (QED) is 0.736. The average Bonchev–Trinajstić information content (AvgIpc) is 2.81. The predicted molar refractivity (Wildman–Crippen MR) is 63.3 cm³/mol. The van der Waals surface area contributed by atoms with Gasteiger partial charge in [0.1, 0.15) is 6.10 Å². The summed E-state index contributed by atoms with van der Waals surface area (Å²) in [5.41, 5.74) is 0. The Hall–Kier alpha value is -0.960. The van der Waals surface area contributed by atoms with Gasteiger partial charge in [-0.15, -0.1) is 11.8 Å². The summed E-state index contributed by atoms with van der Waals surface area (Å²) in [5, 5.41) is 0.457. The molecule has 3 unspecified atom stereocenters. The van der Waals surface area contributed by atoms with Crippen molar-refractivity contribution in [2.45, 2.75) is 35.5 Å². The topological polar surface area (TPSA) is 26.3 Å². The van der Waals surface area contributed by atoms with Gasteiger partial charge < -0.3 is 4.74 Å². The molecule has 16 heavy (non-hydrogen) atoms. The molecule has 1 saturated heterocycles. The molecule has 1 aromatic carbocycles. The monoisotopic (exact) mass is 234 g/mol. The number of ether oxygens (including phenoxy) is 1. The summed E-state index contributed by atoms with van der Waals surface area (Å²) in [7, 11) is 0. The van der Waals surface area contributed by atoms with Crippen molar-refractivity contribution in [1.82, 2.24) is 0 Å². The first-order valence-electron chi connectivity index (χ1n) is 5.74. The van der Waals surface area contributed by atoms with Crippen molar-refractivity contribution in [3.8, 4) is 0 Å². The Kier molecular flexibility index (Phi) is 2.64. The zero-order valence-electron chi connectivity index (χ0n) is 8.96. The highest BCUT2D eigenvalue weighted by Gasteiger charge is 2.45. The first-order chi connectivity index (χ1) is 7.83. The van der Waals surface area contributed by atoms with Crippen molar-refractivity contribution in [2.24, 2.45) is 5.92 Å². The second-order valence-corrected chi connectivity index (χ2v) is 5.78. The van der Waals surface area contributed by atoms with Gasteiger partial charge in [0, 0.05) is 16.1 Å².